The highest BCUT2D eigenvalue weighted by molar-refractivity contribution is 9.10. The molecule has 2 aliphatic rings. The zero-order valence-electron chi connectivity index (χ0n) is 13.4. The third-order valence-corrected chi connectivity index (χ3v) is 4.73. The monoisotopic (exact) mass is 396 g/mol. The van der Waals surface area contributed by atoms with E-state index in [4.69, 9.17) is 4.74 Å². The summed E-state index contributed by atoms with van der Waals surface area (Å²) in [5.74, 6) is -0.134. The third kappa shape index (κ3) is 4.18. The Bertz CT molecular complexity index is 575. The molecule has 0 spiro atoms. The number of carbonyl (C=O) groups excluding carboxylic acids is 2. The number of benzene rings is 1. The number of anilines is 1. The van der Waals surface area contributed by atoms with Crippen LogP contribution in [-0.2, 0) is 9.53 Å². The van der Waals surface area contributed by atoms with Crippen LogP contribution in [0.5, 0.6) is 0 Å². The van der Waals surface area contributed by atoms with Gasteiger partial charge in [0.05, 0.1) is 0 Å². The highest BCUT2D eigenvalue weighted by Gasteiger charge is 2.26. The zero-order chi connectivity index (χ0) is 16.9. The topological polar surface area (TPSA) is 65.1 Å². The van der Waals surface area contributed by atoms with Gasteiger partial charge in [-0.15, -0.1) is 0 Å². The van der Waals surface area contributed by atoms with Gasteiger partial charge >= 0.3 is 6.03 Å². The summed E-state index contributed by atoms with van der Waals surface area (Å²) in [4.78, 5) is 29.6. The van der Waals surface area contributed by atoms with Crippen LogP contribution in [0.15, 0.2) is 28.7 Å². The number of carbonyl (C=O) groups is 2. The summed E-state index contributed by atoms with van der Waals surface area (Å²) in [5, 5.41) is 2.72. The van der Waals surface area contributed by atoms with Gasteiger partial charge in [-0.25, -0.2) is 4.79 Å². The van der Waals surface area contributed by atoms with Crippen LogP contribution in [0.4, 0.5) is 10.5 Å². The Morgan fingerprint density at radius 3 is 2.46 bits per heavy atom. The van der Waals surface area contributed by atoms with Crippen LogP contribution in [-0.4, -0.2) is 74.3 Å². The molecule has 3 amide bonds. The third-order valence-electron chi connectivity index (χ3n) is 4.20. The van der Waals surface area contributed by atoms with Crippen molar-refractivity contribution < 1.29 is 14.3 Å². The number of hydrogen-bond donors (Lipinski definition) is 1. The molecule has 1 aromatic carbocycles. The summed E-state index contributed by atoms with van der Waals surface area (Å²) in [6.45, 7) is 4.07. The molecular weight excluding hydrogens is 376 g/mol. The van der Waals surface area contributed by atoms with E-state index in [-0.39, 0.29) is 25.3 Å². The van der Waals surface area contributed by atoms with E-state index in [9.17, 15) is 9.59 Å². The molecule has 7 nitrogen and oxygen atoms in total. The number of nitrogens with one attached hydrogen (secondary N) is 1. The van der Waals surface area contributed by atoms with Gasteiger partial charge in [0.25, 0.3) is 0 Å². The Kier molecular flexibility index (Phi) is 5.57. The minimum Gasteiger partial charge on any atom is -0.368 e. The predicted molar refractivity (Wildman–Crippen MR) is 93.9 cm³/mol. The summed E-state index contributed by atoms with van der Waals surface area (Å²) >= 11 is 3.44. The lowest BCUT2D eigenvalue weighted by Gasteiger charge is -2.38. The molecule has 0 aliphatic carbocycles. The molecule has 0 saturated carbocycles. The van der Waals surface area contributed by atoms with Gasteiger partial charge in [-0.2, -0.15) is 0 Å². The summed E-state index contributed by atoms with van der Waals surface area (Å²) in [5.41, 5.74) is 1.17. The first-order chi connectivity index (χ1) is 11.6. The molecule has 1 N–H and O–H groups in total. The SMILES string of the molecule is O=C1COCN(C(=O)N2CCN(c3ccc(Br)cc3)CC2)CCN1. The lowest BCUT2D eigenvalue weighted by atomic mass is 10.2. The summed E-state index contributed by atoms with van der Waals surface area (Å²) in [6.07, 6.45) is 0. The smallest absolute Gasteiger partial charge is 0.322 e. The van der Waals surface area contributed by atoms with Crippen molar-refractivity contribution in [2.45, 2.75) is 0 Å². The van der Waals surface area contributed by atoms with Gasteiger partial charge in [0, 0.05) is 49.4 Å². The molecule has 1 aromatic rings. The molecule has 0 radical (unpaired) electrons. The molecule has 2 aliphatic heterocycles. The lowest BCUT2D eigenvalue weighted by Crippen LogP contribution is -2.55. The quantitative estimate of drug-likeness (QED) is 0.771. The van der Waals surface area contributed by atoms with Crippen molar-refractivity contribution in [2.75, 3.05) is 57.5 Å². The van der Waals surface area contributed by atoms with Crippen LogP contribution in [0.2, 0.25) is 0 Å². The number of piperazine rings is 1. The molecule has 2 saturated heterocycles. The molecule has 0 bridgehead atoms. The van der Waals surface area contributed by atoms with E-state index < -0.39 is 0 Å². The first kappa shape index (κ1) is 17.0. The average Bonchev–Trinajstić information content (AvgIpc) is 2.58. The molecule has 0 atom stereocenters. The minimum absolute atomic E-state index is 0.00112. The van der Waals surface area contributed by atoms with Crippen LogP contribution in [0.1, 0.15) is 0 Å². The fourth-order valence-corrected chi connectivity index (χ4v) is 3.12. The van der Waals surface area contributed by atoms with Crippen LogP contribution in [0.25, 0.3) is 0 Å². The fourth-order valence-electron chi connectivity index (χ4n) is 2.85. The van der Waals surface area contributed by atoms with Gasteiger partial charge in [0.1, 0.15) is 13.3 Å². The molecule has 130 valence electrons. The number of urea groups is 1. The maximum absolute atomic E-state index is 12.6. The molecule has 2 fully saturated rings. The average molecular weight is 397 g/mol. The Hall–Kier alpha value is -1.80. The maximum Gasteiger partial charge on any atom is 0.322 e. The summed E-state index contributed by atoms with van der Waals surface area (Å²) in [7, 11) is 0. The van der Waals surface area contributed by atoms with E-state index >= 15 is 0 Å². The Balaban J connectivity index is 1.52. The van der Waals surface area contributed by atoms with Gasteiger partial charge < -0.3 is 19.9 Å². The van der Waals surface area contributed by atoms with Crippen LogP contribution in [0.3, 0.4) is 0 Å². The molecular formula is C16H21BrN4O3. The first-order valence-corrected chi connectivity index (χ1v) is 8.81. The second-order valence-corrected chi connectivity index (χ2v) is 6.74. The molecule has 0 unspecified atom stereocenters. The van der Waals surface area contributed by atoms with Crippen LogP contribution >= 0.6 is 15.9 Å². The van der Waals surface area contributed by atoms with Crippen molar-refractivity contribution in [3.8, 4) is 0 Å². The van der Waals surface area contributed by atoms with Crippen LogP contribution in [0, 0.1) is 0 Å². The van der Waals surface area contributed by atoms with Crippen molar-refractivity contribution >= 4 is 33.6 Å². The number of nitrogens with zero attached hydrogens (tertiary/aromatic N) is 3. The van der Waals surface area contributed by atoms with Gasteiger partial charge in [0.15, 0.2) is 0 Å². The normalized spacial score (nSPS) is 19.5. The number of halogens is 1. The van der Waals surface area contributed by atoms with E-state index in [1.807, 2.05) is 17.0 Å². The summed E-state index contributed by atoms with van der Waals surface area (Å²) in [6, 6.07) is 8.19. The number of hydrogen-bond acceptors (Lipinski definition) is 4. The van der Waals surface area contributed by atoms with E-state index in [0.717, 1.165) is 17.6 Å². The second kappa shape index (κ2) is 7.85. The Labute approximate surface area is 149 Å². The van der Waals surface area contributed by atoms with E-state index in [2.05, 4.69) is 38.3 Å². The van der Waals surface area contributed by atoms with Crippen molar-refractivity contribution in [1.29, 1.82) is 0 Å². The first-order valence-electron chi connectivity index (χ1n) is 8.02. The second-order valence-electron chi connectivity index (χ2n) is 5.82. The van der Waals surface area contributed by atoms with E-state index in [1.165, 1.54) is 5.69 Å². The number of ether oxygens (including phenoxy) is 1. The number of amides is 3. The van der Waals surface area contributed by atoms with Gasteiger partial charge in [-0.1, -0.05) is 15.9 Å². The molecule has 0 aromatic heterocycles. The predicted octanol–water partition coefficient (Wildman–Crippen LogP) is 1.10. The molecule has 8 heteroatoms. The van der Waals surface area contributed by atoms with Gasteiger partial charge in [-0.3, -0.25) is 9.69 Å². The molecule has 3 rings (SSSR count). The Morgan fingerprint density at radius 1 is 1.04 bits per heavy atom. The van der Waals surface area contributed by atoms with E-state index in [0.29, 0.717) is 26.2 Å². The summed E-state index contributed by atoms with van der Waals surface area (Å²) < 4.78 is 6.32. The van der Waals surface area contributed by atoms with Gasteiger partial charge in [0.2, 0.25) is 5.91 Å². The number of rotatable bonds is 1. The van der Waals surface area contributed by atoms with Crippen molar-refractivity contribution in [3.63, 3.8) is 0 Å². The Morgan fingerprint density at radius 2 is 1.75 bits per heavy atom. The fraction of sp³-hybridized carbons (Fsp3) is 0.500. The van der Waals surface area contributed by atoms with Gasteiger partial charge in [-0.05, 0) is 24.3 Å². The largest absolute Gasteiger partial charge is 0.368 e. The molecule has 2 heterocycles. The standard InChI is InChI=1S/C16H21BrN4O3/c17-13-1-3-14(4-2-13)19-7-9-20(10-8-19)16(23)21-6-5-18-15(22)11-24-12-21/h1-4H,5-12H2,(H,18,22). The zero-order valence-corrected chi connectivity index (χ0v) is 15.0. The molecule has 24 heavy (non-hydrogen) atoms. The highest BCUT2D eigenvalue weighted by Crippen LogP contribution is 2.20. The minimum atomic E-state index is -0.134. The highest BCUT2D eigenvalue weighted by atomic mass is 79.9. The van der Waals surface area contributed by atoms with Crippen molar-refractivity contribution in [1.82, 2.24) is 15.1 Å². The lowest BCUT2D eigenvalue weighted by molar-refractivity contribution is -0.128. The maximum atomic E-state index is 12.6. The van der Waals surface area contributed by atoms with Crippen molar-refractivity contribution in [3.05, 3.63) is 28.7 Å². The van der Waals surface area contributed by atoms with E-state index in [1.54, 1.807) is 4.90 Å². The van der Waals surface area contributed by atoms with Crippen LogP contribution < -0.4 is 10.2 Å². The van der Waals surface area contributed by atoms with Crippen molar-refractivity contribution in [2.24, 2.45) is 0 Å².